The molecule has 0 fully saturated rings. The number of carboxylic acids is 1. The molecule has 6 heteroatoms. The number of imidazole rings is 1. The Hall–Kier alpha value is -2.11. The van der Waals surface area contributed by atoms with Crippen molar-refractivity contribution in [2.24, 2.45) is 0 Å². The Balaban J connectivity index is 2.54. The summed E-state index contributed by atoms with van der Waals surface area (Å²) in [7, 11) is 0. The zero-order valence-electron chi connectivity index (χ0n) is 10.4. The first-order chi connectivity index (χ1) is 8.69. The lowest BCUT2D eigenvalue weighted by atomic mass is 10.1. The van der Waals surface area contributed by atoms with Crippen molar-refractivity contribution < 1.29 is 14.4 Å². The number of nitrogens with zero attached hydrogens (tertiary/aromatic N) is 3. The molecule has 0 unspecified atom stereocenters. The second-order valence-corrected chi connectivity index (χ2v) is 3.95. The fraction of sp³-hybridized carbons (Fsp3) is 0.417. The SMILES string of the molecule is CCCc1onc(-c2cncn2CC)c1C(=O)O. The fourth-order valence-electron chi connectivity index (χ4n) is 1.89. The van der Waals surface area contributed by atoms with Crippen molar-refractivity contribution in [3.63, 3.8) is 0 Å². The van der Waals surface area contributed by atoms with Crippen molar-refractivity contribution in [3.8, 4) is 11.4 Å². The van der Waals surface area contributed by atoms with Crippen LogP contribution in [0.4, 0.5) is 0 Å². The summed E-state index contributed by atoms with van der Waals surface area (Å²) in [5.41, 5.74) is 1.17. The summed E-state index contributed by atoms with van der Waals surface area (Å²) in [6.07, 6.45) is 4.62. The summed E-state index contributed by atoms with van der Waals surface area (Å²) in [5.74, 6) is -0.595. The molecule has 0 bridgehead atoms. The van der Waals surface area contributed by atoms with Crippen molar-refractivity contribution in [1.82, 2.24) is 14.7 Å². The van der Waals surface area contributed by atoms with E-state index in [1.165, 1.54) is 0 Å². The van der Waals surface area contributed by atoms with E-state index in [2.05, 4.69) is 10.1 Å². The lowest BCUT2D eigenvalue weighted by Crippen LogP contribution is -2.04. The number of hydrogen-bond acceptors (Lipinski definition) is 4. The Morgan fingerprint density at radius 1 is 1.50 bits per heavy atom. The van der Waals surface area contributed by atoms with E-state index in [0.717, 1.165) is 6.42 Å². The van der Waals surface area contributed by atoms with Crippen LogP contribution in [0.15, 0.2) is 17.0 Å². The molecule has 2 rings (SSSR count). The molecule has 6 nitrogen and oxygen atoms in total. The maximum absolute atomic E-state index is 11.3. The van der Waals surface area contributed by atoms with Crippen molar-refractivity contribution in [3.05, 3.63) is 23.8 Å². The van der Waals surface area contributed by atoms with E-state index in [1.54, 1.807) is 12.5 Å². The maximum Gasteiger partial charge on any atom is 0.341 e. The van der Waals surface area contributed by atoms with Crippen molar-refractivity contribution in [2.45, 2.75) is 33.2 Å². The van der Waals surface area contributed by atoms with E-state index < -0.39 is 5.97 Å². The smallest absolute Gasteiger partial charge is 0.341 e. The zero-order valence-corrected chi connectivity index (χ0v) is 10.4. The van der Waals surface area contributed by atoms with Gasteiger partial charge in [-0.15, -0.1) is 0 Å². The highest BCUT2D eigenvalue weighted by Crippen LogP contribution is 2.26. The van der Waals surface area contributed by atoms with Crippen molar-refractivity contribution in [2.75, 3.05) is 0 Å². The van der Waals surface area contributed by atoms with Gasteiger partial charge in [-0.3, -0.25) is 0 Å². The molecule has 18 heavy (non-hydrogen) atoms. The number of rotatable bonds is 5. The Morgan fingerprint density at radius 3 is 2.89 bits per heavy atom. The summed E-state index contributed by atoms with van der Waals surface area (Å²) in [4.78, 5) is 15.4. The van der Waals surface area contributed by atoms with Crippen LogP contribution in [0.25, 0.3) is 11.4 Å². The van der Waals surface area contributed by atoms with Crippen LogP contribution in [0.5, 0.6) is 0 Å². The maximum atomic E-state index is 11.3. The van der Waals surface area contributed by atoms with Gasteiger partial charge in [0.1, 0.15) is 11.3 Å². The van der Waals surface area contributed by atoms with Gasteiger partial charge in [-0.25, -0.2) is 9.78 Å². The van der Waals surface area contributed by atoms with Crippen LogP contribution >= 0.6 is 0 Å². The number of carboxylic acid groups (broad SMARTS) is 1. The quantitative estimate of drug-likeness (QED) is 0.878. The van der Waals surface area contributed by atoms with Crippen LogP contribution in [-0.4, -0.2) is 25.8 Å². The Morgan fingerprint density at radius 2 is 2.28 bits per heavy atom. The molecule has 0 aromatic carbocycles. The van der Waals surface area contributed by atoms with Gasteiger partial charge in [0.15, 0.2) is 5.76 Å². The predicted molar refractivity (Wildman–Crippen MR) is 64.4 cm³/mol. The van der Waals surface area contributed by atoms with Gasteiger partial charge in [0.2, 0.25) is 0 Å². The number of aryl methyl sites for hydroxylation is 2. The molecular formula is C12H15N3O3. The molecule has 96 valence electrons. The second kappa shape index (κ2) is 5.03. The Bertz CT molecular complexity index is 557. The summed E-state index contributed by atoms with van der Waals surface area (Å²) >= 11 is 0. The molecule has 0 aliphatic rings. The average molecular weight is 249 g/mol. The Labute approximate surface area is 104 Å². The number of carbonyl (C=O) groups is 1. The summed E-state index contributed by atoms with van der Waals surface area (Å²) < 4.78 is 6.98. The first kappa shape index (κ1) is 12.3. The molecule has 1 N–H and O–H groups in total. The predicted octanol–water partition coefficient (Wildman–Crippen LogP) is 2.21. The normalized spacial score (nSPS) is 10.8. The molecule has 0 aliphatic heterocycles. The van der Waals surface area contributed by atoms with Gasteiger partial charge >= 0.3 is 5.97 Å². The lowest BCUT2D eigenvalue weighted by molar-refractivity contribution is 0.0695. The first-order valence-corrected chi connectivity index (χ1v) is 5.91. The van der Waals surface area contributed by atoms with Crippen molar-refractivity contribution in [1.29, 1.82) is 0 Å². The summed E-state index contributed by atoms with van der Waals surface area (Å²) in [5, 5.41) is 13.2. The average Bonchev–Trinajstić information content (AvgIpc) is 2.93. The van der Waals surface area contributed by atoms with Gasteiger partial charge in [0.05, 0.1) is 18.2 Å². The van der Waals surface area contributed by atoms with E-state index >= 15 is 0 Å². The second-order valence-electron chi connectivity index (χ2n) is 3.95. The van der Waals surface area contributed by atoms with Crippen LogP contribution in [0.1, 0.15) is 36.4 Å². The van der Waals surface area contributed by atoms with Crippen LogP contribution < -0.4 is 0 Å². The van der Waals surface area contributed by atoms with Gasteiger partial charge in [0, 0.05) is 13.0 Å². The minimum Gasteiger partial charge on any atom is -0.477 e. The third-order valence-corrected chi connectivity index (χ3v) is 2.75. The molecule has 0 aliphatic carbocycles. The van der Waals surface area contributed by atoms with Gasteiger partial charge in [-0.05, 0) is 13.3 Å². The third-order valence-electron chi connectivity index (χ3n) is 2.75. The number of aromatic nitrogens is 3. The monoisotopic (exact) mass is 249 g/mol. The first-order valence-electron chi connectivity index (χ1n) is 5.91. The molecule has 2 heterocycles. The minimum absolute atomic E-state index is 0.145. The van der Waals surface area contributed by atoms with E-state index in [0.29, 0.717) is 30.1 Å². The highest BCUT2D eigenvalue weighted by molar-refractivity contribution is 5.95. The molecule has 2 aromatic heterocycles. The Kier molecular flexibility index (Phi) is 3.45. The topological polar surface area (TPSA) is 81.2 Å². The standard InChI is InChI=1S/C12H15N3O3/c1-3-5-9-10(12(16)17)11(14-18-9)8-6-13-7-15(8)4-2/h6-7H,3-5H2,1-2H3,(H,16,17). The van der Waals surface area contributed by atoms with Crippen LogP contribution in [-0.2, 0) is 13.0 Å². The van der Waals surface area contributed by atoms with Gasteiger partial charge in [-0.2, -0.15) is 0 Å². The van der Waals surface area contributed by atoms with Gasteiger partial charge in [-0.1, -0.05) is 12.1 Å². The van der Waals surface area contributed by atoms with Crippen LogP contribution in [0.3, 0.4) is 0 Å². The lowest BCUT2D eigenvalue weighted by Gasteiger charge is -2.02. The highest BCUT2D eigenvalue weighted by Gasteiger charge is 2.24. The fourth-order valence-corrected chi connectivity index (χ4v) is 1.89. The minimum atomic E-state index is -1.02. The van der Waals surface area contributed by atoms with E-state index in [4.69, 9.17) is 4.52 Å². The molecule has 0 atom stereocenters. The van der Waals surface area contributed by atoms with Crippen LogP contribution in [0, 0.1) is 0 Å². The third kappa shape index (κ3) is 2.01. The molecule has 0 saturated carbocycles. The van der Waals surface area contributed by atoms with E-state index in [-0.39, 0.29) is 5.56 Å². The largest absolute Gasteiger partial charge is 0.477 e. The van der Waals surface area contributed by atoms with Crippen LogP contribution in [0.2, 0.25) is 0 Å². The van der Waals surface area contributed by atoms with E-state index in [9.17, 15) is 9.90 Å². The number of aromatic carboxylic acids is 1. The molecule has 2 aromatic rings. The molecular weight excluding hydrogens is 234 g/mol. The van der Waals surface area contributed by atoms with Gasteiger partial charge < -0.3 is 14.2 Å². The highest BCUT2D eigenvalue weighted by atomic mass is 16.5. The molecule has 0 spiro atoms. The summed E-state index contributed by atoms with van der Waals surface area (Å²) in [6.45, 7) is 4.62. The van der Waals surface area contributed by atoms with Crippen molar-refractivity contribution >= 4 is 5.97 Å². The molecule has 0 radical (unpaired) electrons. The zero-order chi connectivity index (χ0) is 13.1. The number of hydrogen-bond donors (Lipinski definition) is 1. The molecule has 0 amide bonds. The van der Waals surface area contributed by atoms with E-state index in [1.807, 2.05) is 18.4 Å². The molecule has 0 saturated heterocycles. The van der Waals surface area contributed by atoms with Gasteiger partial charge in [0.25, 0.3) is 0 Å². The summed E-state index contributed by atoms with van der Waals surface area (Å²) in [6, 6.07) is 0.